The fourth-order valence-corrected chi connectivity index (χ4v) is 12.3. The summed E-state index contributed by atoms with van der Waals surface area (Å²) in [5, 5.41) is 11.9. The zero-order valence-corrected chi connectivity index (χ0v) is 66.8. The van der Waals surface area contributed by atoms with Crippen LogP contribution in [0.2, 0.25) is 0 Å². The Balaban J connectivity index is 3.95. The number of carboxylic acid groups (broad SMARTS) is 1. The van der Waals surface area contributed by atoms with Crippen molar-refractivity contribution in [3.63, 3.8) is 0 Å². The van der Waals surface area contributed by atoms with Gasteiger partial charge in [-0.15, -0.1) is 0 Å². The second-order valence-corrected chi connectivity index (χ2v) is 29.7. The summed E-state index contributed by atoms with van der Waals surface area (Å²) in [4.78, 5) is 37.7. The van der Waals surface area contributed by atoms with E-state index in [1.54, 1.807) is 0 Å². The molecule has 9 heteroatoms. The quantitative estimate of drug-likeness (QED) is 0.0195. The third-order valence-corrected chi connectivity index (χ3v) is 18.7. The van der Waals surface area contributed by atoms with Gasteiger partial charge in [-0.25, -0.2) is 0 Å². The highest BCUT2D eigenvalue weighted by Crippen LogP contribution is 2.20. The van der Waals surface area contributed by atoms with E-state index in [4.69, 9.17) is 18.9 Å². The van der Waals surface area contributed by atoms with Crippen LogP contribution in [0, 0.1) is 0 Å². The van der Waals surface area contributed by atoms with E-state index in [-0.39, 0.29) is 32.2 Å². The minimum absolute atomic E-state index is 0.147. The standard InChI is InChI=1S/C92H161NO8/c1-6-8-10-12-14-16-18-20-22-24-26-28-30-32-34-36-38-40-42-44-45-47-48-50-52-54-56-58-60-62-64-66-68-70-72-74-76-78-80-82-89(94)99-86-88(87-100-92(91(96)97)98-85-84-93(3,4)5)101-90(95)83-81-79-77-75-73-71-69-67-65-63-61-59-57-55-53-51-49-46-43-41-39-37-35-33-31-29-27-25-23-21-19-17-15-13-11-9-7-2/h8-11,14-17,20-23,26-29,33,35,39,41,88,92H,6-7,12-13,18-19,24-25,30-32,34,36-38,40,42-87H2,1-5H3/b10-8-,11-9-,16-14-,17-15-,22-20-,23-21-,28-26-,29-27-,35-33-,41-39-. The molecular weight excluding hydrogens is 1250 g/mol. The number of likely N-dealkylation sites (N-methyl/N-ethyl adjacent to an activating group) is 1. The third kappa shape index (κ3) is 82.8. The van der Waals surface area contributed by atoms with Gasteiger partial charge in [0.15, 0.2) is 12.4 Å². The molecule has 582 valence electrons. The van der Waals surface area contributed by atoms with E-state index in [0.29, 0.717) is 23.9 Å². The minimum atomic E-state index is -1.62. The number of unbranched alkanes of at least 4 members (excludes halogenated alkanes) is 44. The molecular formula is C92H161NO8. The number of esters is 2. The Hall–Kier alpha value is -4.31. The van der Waals surface area contributed by atoms with Crippen LogP contribution in [0.15, 0.2) is 122 Å². The molecule has 0 aliphatic carbocycles. The smallest absolute Gasteiger partial charge is 0.306 e. The molecule has 0 aromatic carbocycles. The average molecular weight is 1410 g/mol. The topological polar surface area (TPSA) is 111 Å². The van der Waals surface area contributed by atoms with Crippen molar-refractivity contribution in [3.8, 4) is 0 Å². The molecule has 0 saturated heterocycles. The molecule has 0 radical (unpaired) electrons. The number of nitrogens with zero attached hydrogens (tertiary/aromatic N) is 1. The molecule has 101 heavy (non-hydrogen) atoms. The number of carboxylic acids is 1. The van der Waals surface area contributed by atoms with Crippen molar-refractivity contribution < 1.29 is 42.9 Å². The number of rotatable bonds is 79. The van der Waals surface area contributed by atoms with Crippen LogP contribution in [0.1, 0.15) is 386 Å². The Morgan fingerprint density at radius 1 is 0.297 bits per heavy atom. The van der Waals surface area contributed by atoms with Crippen LogP contribution in [-0.2, 0) is 33.3 Å². The van der Waals surface area contributed by atoms with E-state index in [1.807, 2.05) is 21.1 Å². The number of quaternary nitrogens is 1. The van der Waals surface area contributed by atoms with Crippen LogP contribution in [0.4, 0.5) is 0 Å². The molecule has 0 saturated carbocycles. The van der Waals surface area contributed by atoms with Gasteiger partial charge in [0.25, 0.3) is 0 Å². The van der Waals surface area contributed by atoms with Gasteiger partial charge >= 0.3 is 11.9 Å². The van der Waals surface area contributed by atoms with Gasteiger partial charge in [-0.3, -0.25) is 9.59 Å². The molecule has 0 fully saturated rings. The summed E-state index contributed by atoms with van der Waals surface area (Å²) in [7, 11) is 5.95. The molecule has 9 nitrogen and oxygen atoms in total. The lowest BCUT2D eigenvalue weighted by Gasteiger charge is -2.26. The first-order chi connectivity index (χ1) is 49.6. The Labute approximate surface area is 625 Å². The Kier molecular flexibility index (Phi) is 77.9. The average Bonchev–Trinajstić information content (AvgIpc) is 1.25. The lowest BCUT2D eigenvalue weighted by molar-refractivity contribution is -0.870. The minimum Gasteiger partial charge on any atom is -0.545 e. The summed E-state index contributed by atoms with van der Waals surface area (Å²) in [6, 6.07) is 0. The summed E-state index contributed by atoms with van der Waals surface area (Å²) in [5.74, 6) is -2.26. The molecule has 0 heterocycles. The zero-order chi connectivity index (χ0) is 73.2. The Bertz CT molecular complexity index is 2090. The van der Waals surface area contributed by atoms with Gasteiger partial charge in [0.05, 0.1) is 40.3 Å². The molecule has 0 aliphatic heterocycles. The number of hydrogen-bond acceptors (Lipinski definition) is 8. The van der Waals surface area contributed by atoms with Crippen LogP contribution >= 0.6 is 0 Å². The van der Waals surface area contributed by atoms with E-state index in [1.165, 1.54) is 257 Å². The van der Waals surface area contributed by atoms with Crippen molar-refractivity contribution in [1.29, 1.82) is 0 Å². The van der Waals surface area contributed by atoms with E-state index in [2.05, 4.69) is 135 Å². The van der Waals surface area contributed by atoms with Gasteiger partial charge < -0.3 is 33.3 Å². The van der Waals surface area contributed by atoms with Crippen LogP contribution in [0.25, 0.3) is 0 Å². The number of carbonyl (C=O) groups excluding carboxylic acids is 3. The Morgan fingerprint density at radius 3 is 0.792 bits per heavy atom. The lowest BCUT2D eigenvalue weighted by atomic mass is 10.0. The SMILES string of the molecule is CC/C=C\C/C=C\C/C=C\C/C=C\C/C=C\C/C=C\CCCCCCCCCCCCCCCCCCCCC(=O)OC(COC(=O)CCCCCCCCCCCCCCCCCCCCCCCCCCCC/C=C\C/C=C\C/C=C\C/C=C\CC)COC(OCC[N+](C)(C)C)C(=O)[O-]. The van der Waals surface area contributed by atoms with Crippen molar-refractivity contribution in [1.82, 2.24) is 0 Å². The second-order valence-electron chi connectivity index (χ2n) is 29.7. The second kappa shape index (κ2) is 81.4. The molecule has 0 aliphatic rings. The highest BCUT2D eigenvalue weighted by atomic mass is 16.7. The first-order valence-electron chi connectivity index (χ1n) is 42.7. The van der Waals surface area contributed by atoms with Gasteiger partial charge in [-0.05, 0) is 103 Å². The van der Waals surface area contributed by atoms with Crippen LogP contribution in [0.5, 0.6) is 0 Å². The molecule has 2 unspecified atom stereocenters. The third-order valence-electron chi connectivity index (χ3n) is 18.7. The first kappa shape index (κ1) is 96.7. The predicted molar refractivity (Wildman–Crippen MR) is 435 cm³/mol. The van der Waals surface area contributed by atoms with Gasteiger partial charge in [-0.1, -0.05) is 392 Å². The van der Waals surface area contributed by atoms with Gasteiger partial charge in [0.1, 0.15) is 13.2 Å². The first-order valence-corrected chi connectivity index (χ1v) is 42.7. The summed E-state index contributed by atoms with van der Waals surface area (Å²) in [5.41, 5.74) is 0. The molecule has 0 amide bonds. The number of ether oxygens (including phenoxy) is 4. The zero-order valence-electron chi connectivity index (χ0n) is 66.8. The fourth-order valence-electron chi connectivity index (χ4n) is 12.3. The van der Waals surface area contributed by atoms with Crippen molar-refractivity contribution in [2.45, 2.75) is 399 Å². The molecule has 0 aromatic rings. The van der Waals surface area contributed by atoms with Crippen molar-refractivity contribution in [3.05, 3.63) is 122 Å². The van der Waals surface area contributed by atoms with Crippen LogP contribution in [-0.4, -0.2) is 82.3 Å². The summed E-state index contributed by atoms with van der Waals surface area (Å²) in [6.45, 7) is 4.57. The van der Waals surface area contributed by atoms with Gasteiger partial charge in [0.2, 0.25) is 0 Å². The highest BCUT2D eigenvalue weighted by molar-refractivity contribution is 5.70. The van der Waals surface area contributed by atoms with Crippen molar-refractivity contribution in [2.24, 2.45) is 0 Å². The van der Waals surface area contributed by atoms with Gasteiger partial charge in [0, 0.05) is 12.8 Å². The van der Waals surface area contributed by atoms with Crippen molar-refractivity contribution >= 4 is 17.9 Å². The van der Waals surface area contributed by atoms with E-state index >= 15 is 0 Å². The normalized spacial score (nSPS) is 13.2. The maximum absolute atomic E-state index is 13.0. The Morgan fingerprint density at radius 2 is 0.535 bits per heavy atom. The van der Waals surface area contributed by atoms with Crippen LogP contribution in [0.3, 0.4) is 0 Å². The molecule has 0 spiro atoms. The van der Waals surface area contributed by atoms with E-state index in [0.717, 1.165) is 96.3 Å². The molecule has 0 aromatic heterocycles. The number of carbonyl (C=O) groups is 3. The predicted octanol–water partition coefficient (Wildman–Crippen LogP) is 26.5. The number of allylic oxidation sites excluding steroid dienone is 20. The summed E-state index contributed by atoms with van der Waals surface area (Å²) < 4.78 is 22.9. The van der Waals surface area contributed by atoms with Crippen molar-refractivity contribution in [2.75, 3.05) is 47.5 Å². The van der Waals surface area contributed by atoms with E-state index < -0.39 is 24.3 Å². The fraction of sp³-hybridized carbons (Fsp3) is 0.750. The molecule has 2 atom stereocenters. The summed E-state index contributed by atoms with van der Waals surface area (Å²) in [6.07, 6.45) is 113. The monoisotopic (exact) mass is 1410 g/mol. The largest absolute Gasteiger partial charge is 0.545 e. The van der Waals surface area contributed by atoms with Crippen LogP contribution < -0.4 is 5.11 Å². The summed E-state index contributed by atoms with van der Waals surface area (Å²) >= 11 is 0. The van der Waals surface area contributed by atoms with Gasteiger partial charge in [-0.2, -0.15) is 0 Å². The molecule has 0 rings (SSSR count). The number of aliphatic carboxylic acids is 1. The van der Waals surface area contributed by atoms with E-state index in [9.17, 15) is 19.5 Å². The lowest BCUT2D eigenvalue weighted by Crippen LogP contribution is -2.44. The molecule has 0 N–H and O–H groups in total. The maximum Gasteiger partial charge on any atom is 0.306 e. The maximum atomic E-state index is 13.0. The molecule has 0 bridgehead atoms. The number of hydrogen-bond donors (Lipinski definition) is 0. The highest BCUT2D eigenvalue weighted by Gasteiger charge is 2.22.